The number of carbonyl (C=O) groups is 1. The van der Waals surface area contributed by atoms with E-state index in [0.717, 1.165) is 24.9 Å². The molecule has 108 valence electrons. The fourth-order valence-electron chi connectivity index (χ4n) is 2.87. The van der Waals surface area contributed by atoms with Gasteiger partial charge in [-0.05, 0) is 54.7 Å². The highest BCUT2D eigenvalue weighted by atomic mass is 16.1. The Labute approximate surface area is 123 Å². The number of hydrogen-bond acceptors (Lipinski definition) is 4. The number of nitrogens with zero attached hydrogens (tertiary/aromatic N) is 1. The number of benzene rings is 1. The minimum atomic E-state index is -0.473. The normalized spacial score (nSPS) is 17.0. The first-order valence-corrected chi connectivity index (χ1v) is 7.05. The molecule has 1 heterocycles. The Balaban J connectivity index is 1.92. The van der Waals surface area contributed by atoms with Crippen LogP contribution in [0, 0.1) is 0 Å². The van der Waals surface area contributed by atoms with E-state index in [1.807, 2.05) is 18.2 Å². The Morgan fingerprint density at radius 2 is 2.19 bits per heavy atom. The molecule has 0 saturated carbocycles. The van der Waals surface area contributed by atoms with Crippen molar-refractivity contribution < 1.29 is 4.79 Å². The summed E-state index contributed by atoms with van der Waals surface area (Å²) in [5, 5.41) is 3.35. The molecular weight excluding hydrogens is 264 g/mol. The third-order valence-electron chi connectivity index (χ3n) is 3.87. The van der Waals surface area contributed by atoms with Gasteiger partial charge in [0.15, 0.2) is 0 Å². The second-order valence-corrected chi connectivity index (χ2v) is 5.31. The van der Waals surface area contributed by atoms with Crippen LogP contribution >= 0.6 is 0 Å². The van der Waals surface area contributed by atoms with Crippen LogP contribution in [0.2, 0.25) is 0 Å². The van der Waals surface area contributed by atoms with Gasteiger partial charge in [0, 0.05) is 11.9 Å². The van der Waals surface area contributed by atoms with Crippen LogP contribution in [-0.4, -0.2) is 10.9 Å². The van der Waals surface area contributed by atoms with Crippen LogP contribution < -0.4 is 16.8 Å². The molecule has 1 aromatic carbocycles. The van der Waals surface area contributed by atoms with Crippen LogP contribution in [0.25, 0.3) is 0 Å². The molecule has 1 aromatic heterocycles. The highest BCUT2D eigenvalue weighted by molar-refractivity contribution is 5.97. The molecule has 0 radical (unpaired) electrons. The summed E-state index contributed by atoms with van der Waals surface area (Å²) in [5.41, 5.74) is 14.9. The van der Waals surface area contributed by atoms with Crippen LogP contribution in [0.5, 0.6) is 0 Å². The van der Waals surface area contributed by atoms with Gasteiger partial charge in [0.05, 0.1) is 11.6 Å². The number of aryl methyl sites for hydroxylation is 1. The van der Waals surface area contributed by atoms with Gasteiger partial charge in [-0.15, -0.1) is 0 Å². The second-order valence-electron chi connectivity index (χ2n) is 5.31. The molecule has 0 fully saturated rings. The Hall–Kier alpha value is -2.56. The van der Waals surface area contributed by atoms with Crippen molar-refractivity contribution >= 4 is 17.4 Å². The fourth-order valence-corrected chi connectivity index (χ4v) is 2.87. The first kappa shape index (κ1) is 13.4. The number of amides is 1. The lowest BCUT2D eigenvalue weighted by molar-refractivity contribution is 0.100. The zero-order valence-electron chi connectivity index (χ0n) is 11.7. The molecule has 21 heavy (non-hydrogen) atoms. The molecule has 3 rings (SSSR count). The lowest BCUT2D eigenvalue weighted by Crippen LogP contribution is -2.21. The maximum absolute atomic E-state index is 11.5. The number of anilines is 2. The SMILES string of the molecule is NC(=O)c1cccnc1NC1CCCc2cc(N)ccc21. The van der Waals surface area contributed by atoms with Gasteiger partial charge in [-0.2, -0.15) is 0 Å². The monoisotopic (exact) mass is 282 g/mol. The topological polar surface area (TPSA) is 94.0 Å². The van der Waals surface area contributed by atoms with Crippen molar-refractivity contribution in [2.45, 2.75) is 25.3 Å². The molecule has 5 heteroatoms. The first-order valence-electron chi connectivity index (χ1n) is 7.05. The minimum Gasteiger partial charge on any atom is -0.399 e. The molecule has 0 spiro atoms. The number of hydrogen-bond donors (Lipinski definition) is 3. The lowest BCUT2D eigenvalue weighted by Gasteiger charge is -2.27. The molecule has 5 N–H and O–H groups in total. The Kier molecular flexibility index (Phi) is 3.48. The van der Waals surface area contributed by atoms with E-state index in [0.29, 0.717) is 11.4 Å². The number of nitrogen functional groups attached to an aromatic ring is 1. The smallest absolute Gasteiger partial charge is 0.252 e. The van der Waals surface area contributed by atoms with Crippen molar-refractivity contribution in [3.63, 3.8) is 0 Å². The Morgan fingerprint density at radius 1 is 1.33 bits per heavy atom. The van der Waals surface area contributed by atoms with Crippen molar-refractivity contribution in [2.24, 2.45) is 5.73 Å². The Bertz CT molecular complexity index is 684. The number of aromatic nitrogens is 1. The van der Waals surface area contributed by atoms with E-state index in [-0.39, 0.29) is 6.04 Å². The number of nitrogens with two attached hydrogens (primary N) is 2. The zero-order valence-corrected chi connectivity index (χ0v) is 11.7. The van der Waals surface area contributed by atoms with Crippen LogP contribution in [0.15, 0.2) is 36.5 Å². The number of nitrogens with one attached hydrogen (secondary N) is 1. The van der Waals surface area contributed by atoms with E-state index < -0.39 is 5.91 Å². The molecule has 5 nitrogen and oxygen atoms in total. The fraction of sp³-hybridized carbons (Fsp3) is 0.250. The number of primary amides is 1. The van der Waals surface area contributed by atoms with Crippen molar-refractivity contribution in [2.75, 3.05) is 11.1 Å². The maximum atomic E-state index is 11.5. The van der Waals surface area contributed by atoms with Crippen molar-refractivity contribution in [3.8, 4) is 0 Å². The molecule has 1 atom stereocenters. The standard InChI is InChI=1S/C16H18N4O/c17-11-6-7-12-10(9-11)3-1-5-14(12)20-16-13(15(18)21)4-2-8-19-16/h2,4,6-9,14H,1,3,5,17H2,(H2,18,21)(H,19,20). The summed E-state index contributed by atoms with van der Waals surface area (Å²) in [6.07, 6.45) is 4.75. The van der Waals surface area contributed by atoms with Crippen molar-refractivity contribution in [1.82, 2.24) is 4.98 Å². The van der Waals surface area contributed by atoms with Gasteiger partial charge in [0.2, 0.25) is 0 Å². The van der Waals surface area contributed by atoms with Gasteiger partial charge < -0.3 is 16.8 Å². The summed E-state index contributed by atoms with van der Waals surface area (Å²) >= 11 is 0. The predicted octanol–water partition coefficient (Wildman–Crippen LogP) is 2.25. The average Bonchev–Trinajstić information content (AvgIpc) is 2.47. The van der Waals surface area contributed by atoms with Crippen molar-refractivity contribution in [3.05, 3.63) is 53.2 Å². The van der Waals surface area contributed by atoms with E-state index in [1.54, 1.807) is 18.3 Å². The van der Waals surface area contributed by atoms with Crippen LogP contribution in [0.1, 0.15) is 40.4 Å². The molecule has 0 saturated heterocycles. The van der Waals surface area contributed by atoms with E-state index in [9.17, 15) is 4.79 Å². The summed E-state index contributed by atoms with van der Waals surface area (Å²) in [5.74, 6) is 0.0682. The van der Waals surface area contributed by atoms with Crippen LogP contribution in [0.3, 0.4) is 0 Å². The molecule has 1 aliphatic carbocycles. The van der Waals surface area contributed by atoms with E-state index in [2.05, 4.69) is 10.3 Å². The largest absolute Gasteiger partial charge is 0.399 e. The second kappa shape index (κ2) is 5.44. The summed E-state index contributed by atoms with van der Waals surface area (Å²) in [4.78, 5) is 15.7. The van der Waals surface area contributed by atoms with Gasteiger partial charge in [-0.25, -0.2) is 4.98 Å². The first-order chi connectivity index (χ1) is 10.1. The molecule has 0 bridgehead atoms. The van der Waals surface area contributed by atoms with E-state index >= 15 is 0 Å². The van der Waals surface area contributed by atoms with Crippen molar-refractivity contribution in [1.29, 1.82) is 0 Å². The lowest BCUT2D eigenvalue weighted by atomic mass is 9.87. The number of fused-ring (bicyclic) bond motifs is 1. The number of pyridine rings is 1. The third-order valence-corrected chi connectivity index (χ3v) is 3.87. The van der Waals surface area contributed by atoms with Gasteiger partial charge in [0.1, 0.15) is 5.82 Å². The molecule has 1 unspecified atom stereocenters. The minimum absolute atomic E-state index is 0.127. The number of carbonyl (C=O) groups excluding carboxylic acids is 1. The zero-order chi connectivity index (χ0) is 14.8. The van der Waals surface area contributed by atoms with E-state index in [4.69, 9.17) is 11.5 Å². The van der Waals surface area contributed by atoms with Crippen LogP contribution in [-0.2, 0) is 6.42 Å². The third kappa shape index (κ3) is 2.67. The highest BCUT2D eigenvalue weighted by Gasteiger charge is 2.22. The van der Waals surface area contributed by atoms with Gasteiger partial charge in [-0.1, -0.05) is 6.07 Å². The van der Waals surface area contributed by atoms with Gasteiger partial charge >= 0.3 is 0 Å². The molecule has 0 aliphatic heterocycles. The van der Waals surface area contributed by atoms with Crippen LogP contribution in [0.4, 0.5) is 11.5 Å². The molecule has 1 aliphatic rings. The summed E-state index contributed by atoms with van der Waals surface area (Å²) in [6, 6.07) is 9.50. The summed E-state index contributed by atoms with van der Waals surface area (Å²) in [7, 11) is 0. The predicted molar refractivity (Wildman–Crippen MR) is 82.9 cm³/mol. The maximum Gasteiger partial charge on any atom is 0.252 e. The number of rotatable bonds is 3. The Morgan fingerprint density at radius 3 is 3.00 bits per heavy atom. The van der Waals surface area contributed by atoms with Gasteiger partial charge in [0.25, 0.3) is 5.91 Å². The quantitative estimate of drug-likeness (QED) is 0.753. The average molecular weight is 282 g/mol. The molecule has 2 aromatic rings. The summed E-state index contributed by atoms with van der Waals surface area (Å²) < 4.78 is 0. The molecule has 1 amide bonds. The molecular formula is C16H18N4O. The van der Waals surface area contributed by atoms with E-state index in [1.165, 1.54) is 11.1 Å². The highest BCUT2D eigenvalue weighted by Crippen LogP contribution is 2.33. The van der Waals surface area contributed by atoms with Gasteiger partial charge in [-0.3, -0.25) is 4.79 Å². The summed E-state index contributed by atoms with van der Waals surface area (Å²) in [6.45, 7) is 0.